The molecule has 0 unspecified atom stereocenters. The molecule has 3 aromatic rings. The van der Waals surface area contributed by atoms with E-state index in [9.17, 15) is 4.79 Å². The lowest BCUT2D eigenvalue weighted by Gasteiger charge is -2.24. The molecule has 0 radical (unpaired) electrons. The number of hydrogen-bond donors (Lipinski definition) is 0. The van der Waals surface area contributed by atoms with Gasteiger partial charge in [0.25, 0.3) is 0 Å². The van der Waals surface area contributed by atoms with Crippen LogP contribution in [0.2, 0.25) is 0 Å². The Kier molecular flexibility index (Phi) is 3.38. The third-order valence-corrected chi connectivity index (χ3v) is 4.85. The predicted octanol–water partition coefficient (Wildman–Crippen LogP) is 2.70. The van der Waals surface area contributed by atoms with Crippen molar-refractivity contribution in [2.75, 3.05) is 6.54 Å². The van der Waals surface area contributed by atoms with Crippen LogP contribution in [0.15, 0.2) is 42.2 Å². The van der Waals surface area contributed by atoms with Crippen molar-refractivity contribution in [3.8, 4) is 0 Å². The molecule has 0 aliphatic carbocycles. The molecule has 5 nitrogen and oxygen atoms in total. The van der Waals surface area contributed by atoms with Crippen molar-refractivity contribution < 1.29 is 4.79 Å². The third-order valence-electron chi connectivity index (χ3n) is 4.08. The van der Waals surface area contributed by atoms with Crippen LogP contribution in [0, 0.1) is 0 Å². The first-order valence-electron chi connectivity index (χ1n) is 7.43. The molecule has 0 aromatic carbocycles. The van der Waals surface area contributed by atoms with Gasteiger partial charge in [-0.15, -0.1) is 11.3 Å². The van der Waals surface area contributed by atoms with E-state index in [0.29, 0.717) is 6.42 Å². The van der Waals surface area contributed by atoms with Crippen molar-refractivity contribution in [2.45, 2.75) is 25.3 Å². The van der Waals surface area contributed by atoms with E-state index in [1.165, 1.54) is 0 Å². The minimum Gasteiger partial charge on any atom is -0.334 e. The van der Waals surface area contributed by atoms with E-state index in [0.717, 1.165) is 35.7 Å². The molecule has 1 atom stereocenters. The van der Waals surface area contributed by atoms with Crippen LogP contribution in [0.4, 0.5) is 0 Å². The highest BCUT2D eigenvalue weighted by Crippen LogP contribution is 2.31. The molecule has 112 valence electrons. The first-order valence-corrected chi connectivity index (χ1v) is 8.31. The summed E-state index contributed by atoms with van der Waals surface area (Å²) in [6.45, 7) is 0.808. The predicted molar refractivity (Wildman–Crippen MR) is 84.7 cm³/mol. The SMILES string of the molecule is O=C(Cc1cn2ccsc2n1)N1CCC[C@@H]1c1ccccn1. The van der Waals surface area contributed by atoms with Crippen LogP contribution in [0.1, 0.15) is 30.3 Å². The van der Waals surface area contributed by atoms with Crippen LogP contribution >= 0.6 is 11.3 Å². The van der Waals surface area contributed by atoms with E-state index < -0.39 is 0 Å². The smallest absolute Gasteiger partial charge is 0.229 e. The molecule has 1 aliphatic heterocycles. The molecular weight excluding hydrogens is 296 g/mol. The van der Waals surface area contributed by atoms with E-state index >= 15 is 0 Å². The second-order valence-corrected chi connectivity index (χ2v) is 6.37. The third kappa shape index (κ3) is 2.39. The van der Waals surface area contributed by atoms with Gasteiger partial charge in [-0.3, -0.25) is 14.2 Å². The Hall–Kier alpha value is -2.21. The Morgan fingerprint density at radius 2 is 2.36 bits per heavy atom. The fourth-order valence-corrected chi connectivity index (χ4v) is 3.78. The fraction of sp³-hybridized carbons (Fsp3) is 0.312. The number of amides is 1. The highest BCUT2D eigenvalue weighted by Gasteiger charge is 2.30. The Morgan fingerprint density at radius 3 is 3.18 bits per heavy atom. The summed E-state index contributed by atoms with van der Waals surface area (Å²) in [4.78, 5) is 24.5. The Morgan fingerprint density at radius 1 is 1.41 bits per heavy atom. The lowest BCUT2D eigenvalue weighted by molar-refractivity contribution is -0.131. The highest BCUT2D eigenvalue weighted by molar-refractivity contribution is 7.15. The molecule has 3 aromatic heterocycles. The maximum Gasteiger partial charge on any atom is 0.229 e. The van der Waals surface area contributed by atoms with Crippen LogP contribution in [0.5, 0.6) is 0 Å². The number of hydrogen-bond acceptors (Lipinski definition) is 4. The number of thiazole rings is 1. The van der Waals surface area contributed by atoms with E-state index in [2.05, 4.69) is 9.97 Å². The normalized spacial score (nSPS) is 18.2. The Balaban J connectivity index is 1.52. The Labute approximate surface area is 132 Å². The standard InChI is InChI=1S/C16H16N4OS/c21-15(10-12-11-19-8-9-22-16(19)18-12)20-7-3-5-14(20)13-4-1-2-6-17-13/h1-2,4,6,8-9,11,14H,3,5,7,10H2/t14-/m1/s1. The molecule has 0 saturated carbocycles. The van der Waals surface area contributed by atoms with Gasteiger partial charge in [0.05, 0.1) is 23.9 Å². The quantitative estimate of drug-likeness (QED) is 0.747. The maximum atomic E-state index is 12.6. The number of rotatable bonds is 3. The van der Waals surface area contributed by atoms with Gasteiger partial charge in [0.15, 0.2) is 4.96 Å². The second-order valence-electron chi connectivity index (χ2n) is 5.50. The minimum absolute atomic E-state index is 0.109. The molecule has 1 saturated heterocycles. The zero-order valence-corrected chi connectivity index (χ0v) is 12.9. The number of pyridine rings is 1. The summed E-state index contributed by atoms with van der Waals surface area (Å²) in [6, 6.07) is 6.00. The zero-order valence-electron chi connectivity index (χ0n) is 12.1. The van der Waals surface area contributed by atoms with Gasteiger partial charge in [-0.1, -0.05) is 6.07 Å². The number of fused-ring (bicyclic) bond motifs is 1. The van der Waals surface area contributed by atoms with E-state index in [-0.39, 0.29) is 11.9 Å². The molecule has 0 bridgehead atoms. The van der Waals surface area contributed by atoms with Crippen LogP contribution in [-0.4, -0.2) is 31.7 Å². The van der Waals surface area contributed by atoms with Gasteiger partial charge in [0.1, 0.15) is 0 Å². The van der Waals surface area contributed by atoms with E-state index in [1.807, 2.05) is 45.3 Å². The molecular formula is C16H16N4OS. The summed E-state index contributed by atoms with van der Waals surface area (Å²) in [5.74, 6) is 0.138. The lowest BCUT2D eigenvalue weighted by atomic mass is 10.1. The number of nitrogens with zero attached hydrogens (tertiary/aromatic N) is 4. The van der Waals surface area contributed by atoms with Crippen LogP contribution in [-0.2, 0) is 11.2 Å². The molecule has 22 heavy (non-hydrogen) atoms. The summed E-state index contributed by atoms with van der Waals surface area (Å²) in [6.07, 6.45) is 8.08. The molecule has 1 fully saturated rings. The minimum atomic E-state index is 0.109. The van der Waals surface area contributed by atoms with Gasteiger partial charge < -0.3 is 4.90 Å². The fourth-order valence-electron chi connectivity index (χ4n) is 3.06. The van der Waals surface area contributed by atoms with Crippen molar-refractivity contribution in [2.24, 2.45) is 0 Å². The summed E-state index contributed by atoms with van der Waals surface area (Å²) >= 11 is 1.58. The zero-order chi connectivity index (χ0) is 14.9. The topological polar surface area (TPSA) is 50.5 Å². The molecule has 4 rings (SSSR count). The van der Waals surface area contributed by atoms with Gasteiger partial charge >= 0.3 is 0 Å². The van der Waals surface area contributed by atoms with Gasteiger partial charge in [-0.25, -0.2) is 4.98 Å². The number of likely N-dealkylation sites (tertiary alicyclic amines) is 1. The lowest BCUT2D eigenvalue weighted by Crippen LogP contribution is -2.32. The van der Waals surface area contributed by atoms with Crippen LogP contribution in [0.25, 0.3) is 4.96 Å². The number of carbonyl (C=O) groups is 1. The van der Waals surface area contributed by atoms with Gasteiger partial charge in [-0.05, 0) is 25.0 Å². The van der Waals surface area contributed by atoms with E-state index in [4.69, 9.17) is 0 Å². The summed E-state index contributed by atoms with van der Waals surface area (Å²) in [5.41, 5.74) is 1.82. The average molecular weight is 312 g/mol. The van der Waals surface area contributed by atoms with Crippen LogP contribution in [0.3, 0.4) is 0 Å². The molecule has 4 heterocycles. The monoisotopic (exact) mass is 312 g/mol. The first-order chi connectivity index (χ1) is 10.8. The Bertz CT molecular complexity index is 766. The number of imidazole rings is 1. The molecule has 1 aliphatic rings. The summed E-state index contributed by atoms with van der Waals surface area (Å²) in [5, 5.41) is 1.99. The largest absolute Gasteiger partial charge is 0.334 e. The summed E-state index contributed by atoms with van der Waals surface area (Å²) in [7, 11) is 0. The van der Waals surface area contributed by atoms with E-state index in [1.54, 1.807) is 17.5 Å². The molecule has 0 spiro atoms. The van der Waals surface area contributed by atoms with Crippen molar-refractivity contribution in [3.05, 3.63) is 53.6 Å². The van der Waals surface area contributed by atoms with Gasteiger partial charge in [0.2, 0.25) is 5.91 Å². The highest BCUT2D eigenvalue weighted by atomic mass is 32.1. The van der Waals surface area contributed by atoms with Gasteiger partial charge in [-0.2, -0.15) is 0 Å². The van der Waals surface area contributed by atoms with Crippen molar-refractivity contribution in [1.29, 1.82) is 0 Å². The first kappa shape index (κ1) is 13.5. The molecule has 6 heteroatoms. The molecule has 0 N–H and O–H groups in total. The maximum absolute atomic E-state index is 12.6. The van der Waals surface area contributed by atoms with Crippen LogP contribution < -0.4 is 0 Å². The average Bonchev–Trinajstić information content (AvgIpc) is 3.23. The van der Waals surface area contributed by atoms with Crippen molar-refractivity contribution in [1.82, 2.24) is 19.3 Å². The van der Waals surface area contributed by atoms with Gasteiger partial charge in [0, 0.05) is 30.5 Å². The van der Waals surface area contributed by atoms with Crippen molar-refractivity contribution in [3.63, 3.8) is 0 Å². The number of aromatic nitrogens is 3. The second kappa shape index (κ2) is 5.53. The number of carbonyl (C=O) groups excluding carboxylic acids is 1. The van der Waals surface area contributed by atoms with Crippen molar-refractivity contribution >= 4 is 22.2 Å². The summed E-state index contributed by atoms with van der Waals surface area (Å²) < 4.78 is 1.97. The molecule has 1 amide bonds.